The summed E-state index contributed by atoms with van der Waals surface area (Å²) in [5, 5.41) is 5.48. The lowest BCUT2D eigenvalue weighted by Crippen LogP contribution is -2.00. The van der Waals surface area contributed by atoms with Gasteiger partial charge in [-0.1, -0.05) is 11.6 Å². The van der Waals surface area contributed by atoms with Crippen molar-refractivity contribution in [2.24, 2.45) is 0 Å². The first kappa shape index (κ1) is 11.5. The second kappa shape index (κ2) is 4.61. The average molecular weight is 359 g/mol. The van der Waals surface area contributed by atoms with Gasteiger partial charge in [-0.25, -0.2) is 4.68 Å². The number of benzene rings is 1. The van der Waals surface area contributed by atoms with Gasteiger partial charge >= 0.3 is 0 Å². The van der Waals surface area contributed by atoms with E-state index in [0.29, 0.717) is 0 Å². The number of hydrogen-bond acceptors (Lipinski definition) is 1. The summed E-state index contributed by atoms with van der Waals surface area (Å²) < 4.78 is 3.28. The standard InChI is InChI=1S/C13H12ClIN2/c14-9-5-7-10(8-6-9)17-13(15)11-3-1-2-4-12(11)16-17/h5-8H,1-4H2. The van der Waals surface area contributed by atoms with Crippen molar-refractivity contribution >= 4 is 34.2 Å². The first-order chi connectivity index (χ1) is 8.25. The van der Waals surface area contributed by atoms with Crippen LogP contribution in [0, 0.1) is 3.70 Å². The van der Waals surface area contributed by atoms with E-state index >= 15 is 0 Å². The van der Waals surface area contributed by atoms with E-state index in [2.05, 4.69) is 22.6 Å². The minimum Gasteiger partial charge on any atom is -0.227 e. The van der Waals surface area contributed by atoms with Gasteiger partial charge in [0.1, 0.15) is 3.70 Å². The maximum Gasteiger partial charge on any atom is 0.108 e. The lowest BCUT2D eigenvalue weighted by Gasteiger charge is -2.08. The Morgan fingerprint density at radius 2 is 1.82 bits per heavy atom. The van der Waals surface area contributed by atoms with Gasteiger partial charge in [-0.15, -0.1) is 0 Å². The van der Waals surface area contributed by atoms with Gasteiger partial charge < -0.3 is 0 Å². The summed E-state index contributed by atoms with van der Waals surface area (Å²) in [6.45, 7) is 0. The molecule has 2 aromatic rings. The van der Waals surface area contributed by atoms with Crippen molar-refractivity contribution in [3.63, 3.8) is 0 Å². The fourth-order valence-corrected chi connectivity index (χ4v) is 3.36. The van der Waals surface area contributed by atoms with Crippen LogP contribution in [0.4, 0.5) is 0 Å². The highest BCUT2D eigenvalue weighted by molar-refractivity contribution is 14.1. The molecule has 1 aromatic heterocycles. The molecule has 0 amide bonds. The number of aromatic nitrogens is 2. The molecule has 0 aliphatic heterocycles. The second-order valence-electron chi connectivity index (χ2n) is 4.31. The smallest absolute Gasteiger partial charge is 0.108 e. The van der Waals surface area contributed by atoms with Crippen molar-refractivity contribution in [3.05, 3.63) is 44.2 Å². The molecule has 1 aromatic carbocycles. The van der Waals surface area contributed by atoms with E-state index in [9.17, 15) is 0 Å². The van der Waals surface area contributed by atoms with Crippen LogP contribution in [-0.4, -0.2) is 9.78 Å². The fraction of sp³-hybridized carbons (Fsp3) is 0.308. The van der Waals surface area contributed by atoms with Gasteiger partial charge in [0.2, 0.25) is 0 Å². The summed E-state index contributed by atoms with van der Waals surface area (Å²) in [5.41, 5.74) is 3.80. The molecule has 0 atom stereocenters. The van der Waals surface area contributed by atoms with E-state index in [1.165, 1.54) is 34.2 Å². The maximum absolute atomic E-state index is 5.91. The molecule has 0 fully saturated rings. The quantitative estimate of drug-likeness (QED) is 0.704. The number of hydrogen-bond donors (Lipinski definition) is 0. The molecule has 0 radical (unpaired) electrons. The number of nitrogens with zero attached hydrogens (tertiary/aromatic N) is 2. The summed E-state index contributed by atoms with van der Waals surface area (Å²) in [4.78, 5) is 0. The predicted octanol–water partition coefficient (Wildman–Crippen LogP) is 4.01. The molecule has 0 unspecified atom stereocenters. The molecule has 88 valence electrons. The summed E-state index contributed by atoms with van der Waals surface area (Å²) in [7, 11) is 0. The van der Waals surface area contributed by atoms with Crippen molar-refractivity contribution in [3.8, 4) is 5.69 Å². The van der Waals surface area contributed by atoms with E-state index in [1.54, 1.807) is 0 Å². The highest BCUT2D eigenvalue weighted by Gasteiger charge is 2.19. The topological polar surface area (TPSA) is 17.8 Å². The van der Waals surface area contributed by atoms with Crippen molar-refractivity contribution in [1.82, 2.24) is 9.78 Å². The zero-order valence-corrected chi connectivity index (χ0v) is 12.2. The lowest BCUT2D eigenvalue weighted by atomic mass is 9.99. The first-order valence-corrected chi connectivity index (χ1v) is 7.23. The molecule has 1 heterocycles. The highest BCUT2D eigenvalue weighted by Crippen LogP contribution is 2.27. The Balaban J connectivity index is 2.09. The van der Waals surface area contributed by atoms with Crippen LogP contribution in [0.2, 0.25) is 5.02 Å². The number of fused-ring (bicyclic) bond motifs is 1. The van der Waals surface area contributed by atoms with Crippen molar-refractivity contribution in [2.75, 3.05) is 0 Å². The van der Waals surface area contributed by atoms with Gasteiger partial charge in [-0.05, 0) is 72.5 Å². The summed E-state index contributed by atoms with van der Waals surface area (Å²) in [6, 6.07) is 7.85. The van der Waals surface area contributed by atoms with Crippen molar-refractivity contribution in [2.45, 2.75) is 25.7 Å². The molecule has 17 heavy (non-hydrogen) atoms. The molecular weight excluding hydrogens is 347 g/mol. The van der Waals surface area contributed by atoms with Gasteiger partial charge in [0.05, 0.1) is 11.4 Å². The number of rotatable bonds is 1. The monoisotopic (exact) mass is 358 g/mol. The Morgan fingerprint density at radius 1 is 1.12 bits per heavy atom. The zero-order chi connectivity index (χ0) is 11.8. The maximum atomic E-state index is 5.91. The van der Waals surface area contributed by atoms with Crippen LogP contribution in [0.5, 0.6) is 0 Å². The van der Waals surface area contributed by atoms with Crippen LogP contribution < -0.4 is 0 Å². The third-order valence-electron chi connectivity index (χ3n) is 3.17. The normalized spacial score (nSPS) is 14.7. The third-order valence-corrected chi connectivity index (χ3v) is 4.53. The minimum atomic E-state index is 0.765. The number of halogens is 2. The largest absolute Gasteiger partial charge is 0.227 e. The Hall–Kier alpha value is -0.550. The number of aryl methyl sites for hydroxylation is 1. The molecule has 0 N–H and O–H groups in total. The molecule has 1 aliphatic rings. The Labute approximate surface area is 119 Å². The molecule has 2 nitrogen and oxygen atoms in total. The van der Waals surface area contributed by atoms with Crippen LogP contribution in [0.1, 0.15) is 24.1 Å². The van der Waals surface area contributed by atoms with Gasteiger partial charge in [0.25, 0.3) is 0 Å². The molecule has 1 aliphatic carbocycles. The summed E-state index contributed by atoms with van der Waals surface area (Å²) >= 11 is 8.31. The van der Waals surface area contributed by atoms with Crippen LogP contribution in [0.3, 0.4) is 0 Å². The third kappa shape index (κ3) is 2.10. The Kier molecular flexibility index (Phi) is 3.13. The molecule has 0 bridgehead atoms. The summed E-state index contributed by atoms with van der Waals surface area (Å²) in [6.07, 6.45) is 4.84. The van der Waals surface area contributed by atoms with E-state index in [4.69, 9.17) is 16.7 Å². The molecule has 0 saturated heterocycles. The van der Waals surface area contributed by atoms with Crippen LogP contribution in [0.15, 0.2) is 24.3 Å². The fourth-order valence-electron chi connectivity index (χ4n) is 2.27. The van der Waals surface area contributed by atoms with Crippen LogP contribution in [-0.2, 0) is 12.8 Å². The minimum absolute atomic E-state index is 0.765. The van der Waals surface area contributed by atoms with Gasteiger partial charge in [-0.3, -0.25) is 0 Å². The molecule has 3 rings (SSSR count). The van der Waals surface area contributed by atoms with Crippen LogP contribution >= 0.6 is 34.2 Å². The van der Waals surface area contributed by atoms with Gasteiger partial charge in [0.15, 0.2) is 0 Å². The highest BCUT2D eigenvalue weighted by atomic mass is 127. The van der Waals surface area contributed by atoms with E-state index in [1.807, 2.05) is 28.9 Å². The first-order valence-electron chi connectivity index (χ1n) is 5.78. The van der Waals surface area contributed by atoms with Gasteiger partial charge in [-0.2, -0.15) is 5.10 Å². The summed E-state index contributed by atoms with van der Waals surface area (Å²) in [5.74, 6) is 0. The van der Waals surface area contributed by atoms with Gasteiger partial charge in [0, 0.05) is 10.6 Å². The predicted molar refractivity (Wildman–Crippen MR) is 77.9 cm³/mol. The van der Waals surface area contributed by atoms with E-state index < -0.39 is 0 Å². The van der Waals surface area contributed by atoms with Crippen LogP contribution in [0.25, 0.3) is 5.69 Å². The van der Waals surface area contributed by atoms with E-state index in [-0.39, 0.29) is 0 Å². The van der Waals surface area contributed by atoms with Crippen molar-refractivity contribution < 1.29 is 0 Å². The lowest BCUT2D eigenvalue weighted by molar-refractivity contribution is 0.671. The molecule has 0 spiro atoms. The molecule has 0 saturated carbocycles. The molecule has 4 heteroatoms. The molecular formula is C13H12ClIN2. The zero-order valence-electron chi connectivity index (χ0n) is 9.29. The Bertz CT molecular complexity index is 545. The second-order valence-corrected chi connectivity index (χ2v) is 5.77. The Morgan fingerprint density at radius 3 is 2.53 bits per heavy atom. The van der Waals surface area contributed by atoms with E-state index in [0.717, 1.165) is 17.1 Å². The van der Waals surface area contributed by atoms with Crippen molar-refractivity contribution in [1.29, 1.82) is 0 Å². The SMILES string of the molecule is Clc1ccc(-n2nc3c(c2I)CCCC3)cc1. The average Bonchev–Trinajstić information content (AvgIpc) is 2.69.